The molecule has 2 aromatic carbocycles. The number of rotatable bonds is 32. The Labute approximate surface area is 529 Å². The van der Waals surface area contributed by atoms with E-state index in [2.05, 4.69) is 128 Å². The second kappa shape index (κ2) is 28.4. The van der Waals surface area contributed by atoms with E-state index in [1.165, 1.54) is 244 Å². The van der Waals surface area contributed by atoms with Crippen LogP contribution in [0.5, 0.6) is 0 Å². The van der Waals surface area contributed by atoms with E-state index < -0.39 is 0 Å². The maximum absolute atomic E-state index is 5.24. The molecule has 0 fully saturated rings. The number of benzene rings is 2. The Balaban J connectivity index is 1.01. The van der Waals surface area contributed by atoms with Crippen LogP contribution >= 0.6 is 91.5 Å². The number of fused-ring (bicyclic) bond motifs is 5. The molecule has 0 aliphatic heterocycles. The van der Waals surface area contributed by atoms with Crippen molar-refractivity contribution in [2.24, 2.45) is 0 Å². The van der Waals surface area contributed by atoms with Gasteiger partial charge in [-0.2, -0.15) is 17.5 Å². The molecule has 10 aromatic rings. The molecule has 0 saturated heterocycles. The lowest BCUT2D eigenvalue weighted by Crippen LogP contribution is -2.25. The van der Waals surface area contributed by atoms with Crippen LogP contribution < -0.4 is 0 Å². The molecule has 1 aliphatic carbocycles. The van der Waals surface area contributed by atoms with E-state index in [1.54, 1.807) is 11.1 Å². The van der Waals surface area contributed by atoms with Crippen LogP contribution in [0.3, 0.4) is 0 Å². The molecule has 2 atom stereocenters. The summed E-state index contributed by atoms with van der Waals surface area (Å²) in [7, 11) is 0. The van der Waals surface area contributed by atoms with Gasteiger partial charge in [0.2, 0.25) is 0 Å². The van der Waals surface area contributed by atoms with Gasteiger partial charge < -0.3 is 0 Å². The van der Waals surface area contributed by atoms with Gasteiger partial charge in [0.05, 0.1) is 23.5 Å². The van der Waals surface area contributed by atoms with Gasteiger partial charge in [0.25, 0.3) is 0 Å². The largest absolute Gasteiger partial charge is 0.172 e. The molecular weight excluding hydrogens is 1170 g/mol. The fourth-order valence-corrected chi connectivity index (χ4v) is 21.6. The number of aryl methyl sites for hydroxylation is 2. The summed E-state index contributed by atoms with van der Waals surface area (Å²) in [4.78, 5) is 16.8. The minimum Gasteiger partial charge on any atom is -0.172 e. The molecule has 0 amide bonds. The minimum absolute atomic E-state index is 0.0554. The Hall–Kier alpha value is -3.72. The van der Waals surface area contributed by atoms with Gasteiger partial charge >= 0.3 is 0 Å². The molecule has 438 valence electrons. The highest BCUT2D eigenvalue weighted by molar-refractivity contribution is 7.26. The highest BCUT2D eigenvalue weighted by Crippen LogP contribution is 2.63. The van der Waals surface area contributed by atoms with Gasteiger partial charge in [-0.25, -0.2) is 0 Å². The van der Waals surface area contributed by atoms with Crippen molar-refractivity contribution >= 4 is 114 Å². The molecule has 0 spiro atoms. The van der Waals surface area contributed by atoms with Crippen LogP contribution in [0.15, 0.2) is 72.8 Å². The molecule has 12 heteroatoms. The van der Waals surface area contributed by atoms with E-state index in [-0.39, 0.29) is 5.41 Å². The van der Waals surface area contributed by atoms with Crippen molar-refractivity contribution < 1.29 is 0 Å². The van der Waals surface area contributed by atoms with Gasteiger partial charge in [-0.05, 0) is 158 Å². The maximum Gasteiger partial charge on any atom is 0.114 e. The molecule has 1 aliphatic rings. The quantitative estimate of drug-likeness (QED) is 0.0394. The Morgan fingerprint density at radius 3 is 1.14 bits per heavy atom. The highest BCUT2D eigenvalue weighted by atomic mass is 32.1. The van der Waals surface area contributed by atoms with Crippen LogP contribution in [0, 0.1) is 0 Å². The summed E-state index contributed by atoms with van der Waals surface area (Å²) in [6, 6.07) is 29.4. The van der Waals surface area contributed by atoms with Crippen LogP contribution in [-0.4, -0.2) is 17.5 Å². The second-order valence-corrected chi connectivity index (χ2v) is 31.6. The number of unbranched alkanes of at least 4 members (excludes halogenated alkanes) is 12. The lowest BCUT2D eigenvalue weighted by atomic mass is 9.71. The summed E-state index contributed by atoms with van der Waals surface area (Å²) in [6.45, 7) is 18.9. The van der Waals surface area contributed by atoms with E-state index >= 15 is 0 Å². The molecule has 0 bridgehead atoms. The zero-order valence-electron chi connectivity index (χ0n) is 50.6. The first-order valence-corrected chi connectivity index (χ1v) is 38.3. The third kappa shape index (κ3) is 12.8. The van der Waals surface area contributed by atoms with Crippen molar-refractivity contribution in [3.8, 4) is 71.0 Å². The molecule has 8 heterocycles. The molecule has 2 unspecified atom stereocenters. The smallest absolute Gasteiger partial charge is 0.114 e. The van der Waals surface area contributed by atoms with Crippen LogP contribution in [0.2, 0.25) is 0 Å². The summed E-state index contributed by atoms with van der Waals surface area (Å²) in [5.41, 5.74) is 15.3. The molecule has 8 aromatic heterocycles. The van der Waals surface area contributed by atoms with Gasteiger partial charge in [0, 0.05) is 86.2 Å². The summed E-state index contributed by atoms with van der Waals surface area (Å²) in [5, 5.41) is 0. The molecule has 4 nitrogen and oxygen atoms in total. The number of nitrogens with zero attached hydrogens (tertiary/aromatic N) is 4. The van der Waals surface area contributed by atoms with E-state index in [1.807, 2.05) is 68.0 Å². The molecule has 11 rings (SSSR count). The summed E-state index contributed by atoms with van der Waals surface area (Å²) in [5.74, 6) is 0.761. The van der Waals surface area contributed by atoms with Gasteiger partial charge in [-0.3, -0.25) is 0 Å². The van der Waals surface area contributed by atoms with Crippen molar-refractivity contribution in [1.29, 1.82) is 0 Å². The summed E-state index contributed by atoms with van der Waals surface area (Å²) >= 11 is 14.7. The lowest BCUT2D eigenvalue weighted by molar-refractivity contribution is 0.402. The average Bonchev–Trinajstić information content (AvgIpc) is 2.33. The second-order valence-electron chi connectivity index (χ2n) is 24.0. The Bertz CT molecular complexity index is 3470. The number of hydrogen-bond donors (Lipinski definition) is 0. The van der Waals surface area contributed by atoms with E-state index in [0.717, 1.165) is 47.8 Å². The first kappa shape index (κ1) is 60.9. The Kier molecular flexibility index (Phi) is 20.9. The van der Waals surface area contributed by atoms with E-state index in [4.69, 9.17) is 17.5 Å². The Morgan fingerprint density at radius 2 is 0.735 bits per heavy atom. The van der Waals surface area contributed by atoms with Crippen molar-refractivity contribution in [2.45, 2.75) is 227 Å². The normalized spacial score (nSPS) is 13.7. The SMILES string of the molecule is CCCCCCc1ccc(-c2ccc(-c3c(C(C)CCC)cc(-c4cc5c(s4)-c4sc(-c6cc(C(C)CCC)c(-c7ccc(-c8ccc(CCCCCC)s8)s7)c7nsnc67)cc4C5(CCCCCC)CCCCCC)c4nsnc34)s2)s1. The van der Waals surface area contributed by atoms with Crippen LogP contribution in [0.4, 0.5) is 0 Å². The molecule has 0 radical (unpaired) electrons. The summed E-state index contributed by atoms with van der Waals surface area (Å²) in [6.07, 6.45) is 29.8. The number of thiophene rings is 6. The predicted molar refractivity (Wildman–Crippen MR) is 374 cm³/mol. The van der Waals surface area contributed by atoms with Gasteiger partial charge in [0.1, 0.15) is 22.1 Å². The van der Waals surface area contributed by atoms with E-state index in [0.29, 0.717) is 11.8 Å². The highest BCUT2D eigenvalue weighted by Gasteiger charge is 2.46. The van der Waals surface area contributed by atoms with Crippen molar-refractivity contribution in [3.05, 3.63) is 105 Å². The molecule has 0 saturated carbocycles. The van der Waals surface area contributed by atoms with Gasteiger partial charge in [0.15, 0.2) is 0 Å². The topological polar surface area (TPSA) is 51.6 Å². The standard InChI is InChI=1S/C71H86N4S8/c1-9-15-19-23-29-47-31-33-55(76-47)57-35-37-59(78-57)63-49(45(7)27-13-5)41-51(65-67(63)74-82-72-65)61-43-53-69(80-61)70-54(71(53,39-25-21-17-11-3)40-26-22-18-12-4)44-62(81-70)52-42-50(46(8)28-14-6)64(68-66(52)73-83-75-68)60-38-36-58(79-60)56-34-32-48(77-56)30-24-20-16-10-2/h31-38,41-46H,9-30,39-40H2,1-8H3. The summed E-state index contributed by atoms with van der Waals surface area (Å²) < 4.78 is 21.0. The van der Waals surface area contributed by atoms with Crippen molar-refractivity contribution in [2.75, 3.05) is 0 Å². The minimum atomic E-state index is -0.0554. The monoisotopic (exact) mass is 1250 g/mol. The first-order valence-electron chi connectivity index (χ1n) is 32.0. The molecule has 0 N–H and O–H groups in total. The number of hydrogen-bond acceptors (Lipinski definition) is 12. The zero-order valence-corrected chi connectivity index (χ0v) is 57.1. The number of aromatic nitrogens is 4. The van der Waals surface area contributed by atoms with Gasteiger partial charge in [-0.15, -0.1) is 68.0 Å². The predicted octanol–water partition coefficient (Wildman–Crippen LogP) is 26.3. The van der Waals surface area contributed by atoms with Crippen molar-refractivity contribution in [3.63, 3.8) is 0 Å². The van der Waals surface area contributed by atoms with Crippen LogP contribution in [0.25, 0.3) is 93.1 Å². The first-order chi connectivity index (χ1) is 40.7. The van der Waals surface area contributed by atoms with E-state index in [9.17, 15) is 0 Å². The fraction of sp³-hybridized carbons (Fsp3) is 0.493. The maximum atomic E-state index is 5.24. The lowest BCUT2D eigenvalue weighted by Gasteiger charge is -2.31. The molecule has 83 heavy (non-hydrogen) atoms. The third-order valence-electron chi connectivity index (χ3n) is 17.9. The van der Waals surface area contributed by atoms with Gasteiger partial charge in [-0.1, -0.05) is 158 Å². The third-order valence-corrected chi connectivity index (χ3v) is 26.3. The Morgan fingerprint density at radius 1 is 0.361 bits per heavy atom. The zero-order chi connectivity index (χ0) is 57.5. The molecular formula is C71H86N4S8. The average molecular weight is 1250 g/mol. The van der Waals surface area contributed by atoms with Crippen LogP contribution in [0.1, 0.15) is 240 Å². The van der Waals surface area contributed by atoms with Crippen molar-refractivity contribution in [1.82, 2.24) is 17.5 Å². The van der Waals surface area contributed by atoms with Crippen LogP contribution in [-0.2, 0) is 18.3 Å². The fourth-order valence-electron chi connectivity index (χ4n) is 13.3.